The second-order valence-corrected chi connectivity index (χ2v) is 4.47. The first-order valence-corrected chi connectivity index (χ1v) is 6.45. The van der Waals surface area contributed by atoms with Crippen LogP contribution >= 0.6 is 0 Å². The van der Waals surface area contributed by atoms with Gasteiger partial charge in [0, 0.05) is 25.5 Å². The molecule has 2 aromatic rings. The van der Waals surface area contributed by atoms with Crippen LogP contribution in [0.2, 0.25) is 0 Å². The third-order valence-electron chi connectivity index (χ3n) is 3.01. The van der Waals surface area contributed by atoms with E-state index >= 15 is 0 Å². The number of benzene rings is 1. The molecule has 0 aliphatic carbocycles. The maximum atomic E-state index is 14.1. The molecule has 104 valence electrons. The lowest BCUT2D eigenvalue weighted by Crippen LogP contribution is -2.24. The highest BCUT2D eigenvalue weighted by molar-refractivity contribution is 5.51. The fourth-order valence-corrected chi connectivity index (χ4v) is 2.01. The number of hydrogen-bond donors (Lipinski definition) is 0. The van der Waals surface area contributed by atoms with Crippen LogP contribution in [0.15, 0.2) is 42.7 Å². The molecule has 0 aliphatic rings. The minimum Gasteiger partial charge on any atom is -0.364 e. The fraction of sp³-hybridized carbons (Fsp3) is 0.188. The van der Waals surface area contributed by atoms with E-state index in [2.05, 4.69) is 11.1 Å². The number of hydrogen-bond acceptors (Lipinski definition) is 4. The maximum Gasteiger partial charge on any atom is 0.147 e. The summed E-state index contributed by atoms with van der Waals surface area (Å²) >= 11 is 0. The average Bonchev–Trinajstić information content (AvgIpc) is 2.52. The van der Waals surface area contributed by atoms with Gasteiger partial charge in [0.2, 0.25) is 0 Å². The van der Waals surface area contributed by atoms with Crippen molar-refractivity contribution in [2.45, 2.75) is 13.0 Å². The molecule has 2 rings (SSSR count). The topological polar surface area (TPSA) is 63.7 Å². The molecular formula is C16H13FN4. The number of rotatable bonds is 5. The summed E-state index contributed by atoms with van der Waals surface area (Å²) in [7, 11) is 0. The van der Waals surface area contributed by atoms with Crippen molar-refractivity contribution in [1.82, 2.24) is 4.98 Å². The molecule has 0 bridgehead atoms. The normalized spacial score (nSPS) is 9.67. The molecule has 0 unspecified atom stereocenters. The van der Waals surface area contributed by atoms with Crippen LogP contribution in [0, 0.1) is 28.5 Å². The average molecular weight is 280 g/mol. The first kappa shape index (κ1) is 14.5. The molecule has 1 heterocycles. The largest absolute Gasteiger partial charge is 0.364 e. The van der Waals surface area contributed by atoms with Gasteiger partial charge in [-0.15, -0.1) is 0 Å². The molecule has 5 heteroatoms. The van der Waals surface area contributed by atoms with Crippen molar-refractivity contribution in [2.24, 2.45) is 0 Å². The van der Waals surface area contributed by atoms with E-state index in [9.17, 15) is 4.39 Å². The van der Waals surface area contributed by atoms with Crippen molar-refractivity contribution in [3.8, 4) is 12.1 Å². The van der Waals surface area contributed by atoms with E-state index in [1.165, 1.54) is 6.07 Å². The Morgan fingerprint density at radius 1 is 1.24 bits per heavy atom. The smallest absolute Gasteiger partial charge is 0.147 e. The van der Waals surface area contributed by atoms with Crippen molar-refractivity contribution in [1.29, 1.82) is 10.5 Å². The van der Waals surface area contributed by atoms with Crippen LogP contribution in [0.25, 0.3) is 0 Å². The van der Waals surface area contributed by atoms with E-state index in [0.29, 0.717) is 25.2 Å². The molecule has 0 amide bonds. The zero-order chi connectivity index (χ0) is 15.1. The van der Waals surface area contributed by atoms with Crippen LogP contribution < -0.4 is 4.90 Å². The van der Waals surface area contributed by atoms with E-state index in [-0.39, 0.29) is 5.56 Å². The van der Waals surface area contributed by atoms with Gasteiger partial charge in [0.1, 0.15) is 5.82 Å². The van der Waals surface area contributed by atoms with E-state index in [1.54, 1.807) is 29.4 Å². The Hall–Kier alpha value is -2.92. The second-order valence-electron chi connectivity index (χ2n) is 4.47. The van der Waals surface area contributed by atoms with Crippen LogP contribution in [0.5, 0.6) is 0 Å². The number of nitrogens with zero attached hydrogens (tertiary/aromatic N) is 4. The minimum atomic E-state index is -0.462. The quantitative estimate of drug-likeness (QED) is 0.844. The van der Waals surface area contributed by atoms with E-state index in [1.807, 2.05) is 18.2 Å². The van der Waals surface area contributed by atoms with Crippen molar-refractivity contribution < 1.29 is 4.39 Å². The number of anilines is 1. The number of halogens is 1. The predicted octanol–water partition coefficient (Wildman–Crippen LogP) is 3.01. The van der Waals surface area contributed by atoms with Gasteiger partial charge in [-0.1, -0.05) is 6.07 Å². The van der Waals surface area contributed by atoms with E-state index < -0.39 is 5.82 Å². The summed E-state index contributed by atoms with van der Waals surface area (Å²) in [6.07, 6.45) is 3.67. The zero-order valence-electron chi connectivity index (χ0n) is 11.3. The van der Waals surface area contributed by atoms with Crippen LogP contribution in [0.1, 0.15) is 17.5 Å². The van der Waals surface area contributed by atoms with E-state index in [0.717, 1.165) is 5.56 Å². The van der Waals surface area contributed by atoms with Gasteiger partial charge in [-0.25, -0.2) is 4.39 Å². The van der Waals surface area contributed by atoms with E-state index in [4.69, 9.17) is 10.5 Å². The maximum absolute atomic E-state index is 14.1. The summed E-state index contributed by atoms with van der Waals surface area (Å²) in [5.41, 5.74) is 1.59. The summed E-state index contributed by atoms with van der Waals surface area (Å²) < 4.78 is 14.1. The summed E-state index contributed by atoms with van der Waals surface area (Å²) in [6, 6.07) is 12.0. The Kier molecular flexibility index (Phi) is 4.84. The first-order valence-electron chi connectivity index (χ1n) is 6.45. The van der Waals surface area contributed by atoms with Crippen LogP contribution in [-0.4, -0.2) is 11.5 Å². The number of nitriles is 2. The number of aromatic nitrogens is 1. The van der Waals surface area contributed by atoms with Crippen LogP contribution in [-0.2, 0) is 6.54 Å². The molecule has 0 fully saturated rings. The lowest BCUT2D eigenvalue weighted by Gasteiger charge is -2.24. The summed E-state index contributed by atoms with van der Waals surface area (Å²) in [5.74, 6) is -0.462. The lowest BCUT2D eigenvalue weighted by molar-refractivity contribution is 0.615. The Bertz CT molecular complexity index is 686. The third kappa shape index (κ3) is 3.77. The second kappa shape index (κ2) is 7.02. The van der Waals surface area contributed by atoms with Crippen molar-refractivity contribution in [3.63, 3.8) is 0 Å². The lowest BCUT2D eigenvalue weighted by atomic mass is 10.1. The van der Waals surface area contributed by atoms with Crippen LogP contribution in [0.4, 0.5) is 10.1 Å². The van der Waals surface area contributed by atoms with Gasteiger partial charge < -0.3 is 4.90 Å². The standard InChI is InChI=1S/C16H13FN4/c17-15-9-13(10-19)4-5-16(15)21(8-2-6-18)12-14-3-1-7-20-11-14/h1,3-5,7,9,11H,2,8,12H2. The zero-order valence-corrected chi connectivity index (χ0v) is 11.3. The van der Waals surface area contributed by atoms with Gasteiger partial charge in [0.15, 0.2) is 0 Å². The molecule has 0 saturated carbocycles. The van der Waals surface area contributed by atoms with Gasteiger partial charge in [-0.3, -0.25) is 4.98 Å². The molecule has 1 aromatic heterocycles. The summed E-state index contributed by atoms with van der Waals surface area (Å²) in [5, 5.41) is 17.5. The molecule has 0 aliphatic heterocycles. The van der Waals surface area contributed by atoms with Crippen molar-refractivity contribution in [3.05, 3.63) is 59.7 Å². The van der Waals surface area contributed by atoms with Crippen molar-refractivity contribution >= 4 is 5.69 Å². The molecule has 0 radical (unpaired) electrons. The van der Waals surface area contributed by atoms with Crippen LogP contribution in [0.3, 0.4) is 0 Å². The Morgan fingerprint density at radius 3 is 2.71 bits per heavy atom. The third-order valence-corrected chi connectivity index (χ3v) is 3.01. The minimum absolute atomic E-state index is 0.276. The molecular weight excluding hydrogens is 267 g/mol. The SMILES string of the molecule is N#CCCN(Cc1cccnc1)c1ccc(C#N)cc1F. The first-order chi connectivity index (χ1) is 10.2. The molecule has 0 N–H and O–H groups in total. The monoisotopic (exact) mass is 280 g/mol. The van der Waals surface area contributed by atoms with Gasteiger partial charge in [0.05, 0.1) is 29.8 Å². The molecule has 21 heavy (non-hydrogen) atoms. The molecule has 0 saturated heterocycles. The fourth-order valence-electron chi connectivity index (χ4n) is 2.01. The highest BCUT2D eigenvalue weighted by Gasteiger charge is 2.13. The predicted molar refractivity (Wildman–Crippen MR) is 76.6 cm³/mol. The highest BCUT2D eigenvalue weighted by atomic mass is 19.1. The summed E-state index contributed by atoms with van der Waals surface area (Å²) in [6.45, 7) is 0.868. The van der Waals surface area contributed by atoms with Crippen molar-refractivity contribution in [2.75, 3.05) is 11.4 Å². The Morgan fingerprint density at radius 2 is 2.10 bits per heavy atom. The molecule has 4 nitrogen and oxygen atoms in total. The molecule has 0 atom stereocenters. The van der Waals surface area contributed by atoms with Gasteiger partial charge in [0.25, 0.3) is 0 Å². The highest BCUT2D eigenvalue weighted by Crippen LogP contribution is 2.22. The molecule has 1 aromatic carbocycles. The Balaban J connectivity index is 2.28. The van der Waals surface area contributed by atoms with Gasteiger partial charge in [-0.2, -0.15) is 10.5 Å². The Labute approximate surface area is 122 Å². The van der Waals surface area contributed by atoms with Gasteiger partial charge >= 0.3 is 0 Å². The number of pyridine rings is 1. The van der Waals surface area contributed by atoms with Gasteiger partial charge in [-0.05, 0) is 29.8 Å². The molecule has 0 spiro atoms. The summed E-state index contributed by atoms with van der Waals surface area (Å²) in [4.78, 5) is 5.81.